The van der Waals surface area contributed by atoms with Crippen molar-refractivity contribution in [1.82, 2.24) is 0 Å². The number of carbonyl (C=O) groups is 4. The molecule has 6 unspecified atom stereocenters. The highest BCUT2D eigenvalue weighted by Gasteiger charge is 2.50. The Morgan fingerprint density at radius 3 is 1.34 bits per heavy atom. The minimum atomic E-state index is -1.91. The van der Waals surface area contributed by atoms with E-state index >= 15 is 0 Å². The van der Waals surface area contributed by atoms with Crippen LogP contribution in [0.3, 0.4) is 0 Å². The number of carbonyl (C=O) groups excluding carboxylic acids is 3. The number of carboxylic acid groups (broad SMARTS) is 1. The summed E-state index contributed by atoms with van der Waals surface area (Å²) in [5.41, 5.74) is 0. The molecule has 0 aromatic carbocycles. The van der Waals surface area contributed by atoms with Gasteiger partial charge in [0, 0.05) is 19.3 Å². The van der Waals surface area contributed by atoms with Crippen LogP contribution in [0, 0.1) is 0 Å². The molecular weight excluding hydrogens is 925 g/mol. The number of hydrogen-bond donors (Lipinski definition) is 3. The monoisotopic (exact) mass is 1030 g/mol. The molecule has 0 aromatic heterocycles. The van der Waals surface area contributed by atoms with Crippen molar-refractivity contribution in [2.75, 3.05) is 13.2 Å². The van der Waals surface area contributed by atoms with Gasteiger partial charge in [0.1, 0.15) is 18.8 Å². The van der Waals surface area contributed by atoms with Gasteiger partial charge in [-0.25, -0.2) is 4.79 Å². The number of unbranched alkanes of at least 4 members (excludes halogenated alkanes) is 25. The molecule has 1 aliphatic heterocycles. The number of esters is 3. The van der Waals surface area contributed by atoms with E-state index in [1.807, 2.05) is 0 Å². The molecule has 0 bridgehead atoms. The molecule has 6 atom stereocenters. The fraction of sp³-hybridized carbons (Fsp3) is 0.770. The predicted molar refractivity (Wildman–Crippen MR) is 294 cm³/mol. The van der Waals surface area contributed by atoms with E-state index in [-0.39, 0.29) is 25.9 Å². The van der Waals surface area contributed by atoms with Crippen molar-refractivity contribution in [3.05, 3.63) is 60.8 Å². The molecule has 0 aliphatic carbocycles. The fourth-order valence-corrected chi connectivity index (χ4v) is 8.48. The van der Waals surface area contributed by atoms with Crippen molar-refractivity contribution in [2.24, 2.45) is 0 Å². The highest BCUT2D eigenvalue weighted by atomic mass is 16.7. The average Bonchev–Trinajstić information content (AvgIpc) is 3.37. The molecule has 12 heteroatoms. The molecule has 1 rings (SSSR count). The van der Waals surface area contributed by atoms with Crippen LogP contribution in [0.5, 0.6) is 0 Å². The lowest BCUT2D eigenvalue weighted by molar-refractivity contribution is -0.301. The first-order chi connectivity index (χ1) is 35.6. The molecule has 0 saturated carbocycles. The number of rotatable bonds is 49. The maximum absolute atomic E-state index is 13.1. The molecule has 0 aromatic rings. The molecule has 1 saturated heterocycles. The molecule has 420 valence electrons. The third-order valence-corrected chi connectivity index (χ3v) is 13.0. The summed E-state index contributed by atoms with van der Waals surface area (Å²) >= 11 is 0. The van der Waals surface area contributed by atoms with Gasteiger partial charge in [0.2, 0.25) is 0 Å². The minimum Gasteiger partial charge on any atom is -0.479 e. The quantitative estimate of drug-likeness (QED) is 0.0228. The van der Waals surface area contributed by atoms with Crippen molar-refractivity contribution in [1.29, 1.82) is 0 Å². The fourth-order valence-electron chi connectivity index (χ4n) is 8.48. The Labute approximate surface area is 443 Å². The standard InChI is InChI=1S/C61H104O12/c1-4-7-10-13-16-19-22-24-25-26-27-28-29-31-33-35-38-41-44-47-53(62)69-50-52(71-54(63)48-45-42-39-37-34-30-23-20-17-14-11-8-5-2)51-70-61-59(57(66)56(65)58(73-61)60(67)68)72-55(64)49-46-43-40-36-32-21-18-15-12-9-6-3/h11,14-16,18-20,23-25,52,56-59,61,65-66H,4-10,12-13,17,21-22,26-51H2,1-3H3,(H,67,68)/b14-11-,18-15-,19-16-,23-20-,25-24-. The Bertz CT molecular complexity index is 1500. The van der Waals surface area contributed by atoms with Gasteiger partial charge in [-0.15, -0.1) is 0 Å². The molecule has 1 heterocycles. The number of carboxylic acids is 1. The maximum Gasteiger partial charge on any atom is 0.335 e. The summed E-state index contributed by atoms with van der Waals surface area (Å²) in [5, 5.41) is 31.4. The molecule has 1 aliphatic rings. The lowest BCUT2D eigenvalue weighted by Crippen LogP contribution is -2.61. The van der Waals surface area contributed by atoms with E-state index in [0.29, 0.717) is 19.3 Å². The van der Waals surface area contributed by atoms with Crippen LogP contribution in [-0.4, -0.2) is 89.2 Å². The highest BCUT2D eigenvalue weighted by Crippen LogP contribution is 2.26. The lowest BCUT2D eigenvalue weighted by atomic mass is 9.98. The van der Waals surface area contributed by atoms with Crippen LogP contribution in [-0.2, 0) is 42.9 Å². The molecule has 12 nitrogen and oxygen atoms in total. The number of hydrogen-bond acceptors (Lipinski definition) is 11. The number of ether oxygens (including phenoxy) is 5. The normalized spacial score (nSPS) is 18.7. The summed E-state index contributed by atoms with van der Waals surface area (Å²) in [4.78, 5) is 51.0. The maximum atomic E-state index is 13.1. The second kappa shape index (κ2) is 49.3. The largest absolute Gasteiger partial charge is 0.479 e. The average molecular weight is 1030 g/mol. The summed E-state index contributed by atoms with van der Waals surface area (Å²) < 4.78 is 28.4. The number of aliphatic hydroxyl groups is 2. The molecule has 0 spiro atoms. The summed E-state index contributed by atoms with van der Waals surface area (Å²) in [6, 6.07) is 0. The topological polar surface area (TPSA) is 175 Å². The van der Waals surface area contributed by atoms with Crippen molar-refractivity contribution in [3.8, 4) is 0 Å². The van der Waals surface area contributed by atoms with E-state index in [0.717, 1.165) is 122 Å². The van der Waals surface area contributed by atoms with Gasteiger partial charge in [-0.3, -0.25) is 14.4 Å². The van der Waals surface area contributed by atoms with Crippen LogP contribution >= 0.6 is 0 Å². The van der Waals surface area contributed by atoms with E-state index in [2.05, 4.69) is 81.5 Å². The van der Waals surface area contributed by atoms with Gasteiger partial charge >= 0.3 is 23.9 Å². The van der Waals surface area contributed by atoms with Gasteiger partial charge in [0.15, 0.2) is 24.6 Å². The first kappa shape index (κ1) is 67.4. The van der Waals surface area contributed by atoms with Crippen LogP contribution in [0.2, 0.25) is 0 Å². The first-order valence-electron chi connectivity index (χ1n) is 29.3. The molecule has 0 radical (unpaired) electrons. The highest BCUT2D eigenvalue weighted by molar-refractivity contribution is 5.74. The third kappa shape index (κ3) is 39.5. The van der Waals surface area contributed by atoms with Crippen molar-refractivity contribution in [3.63, 3.8) is 0 Å². The van der Waals surface area contributed by atoms with Gasteiger partial charge in [-0.2, -0.15) is 0 Å². The summed E-state index contributed by atoms with van der Waals surface area (Å²) in [6.07, 6.45) is 47.7. The number of allylic oxidation sites excluding steroid dienone is 10. The molecule has 1 fully saturated rings. The van der Waals surface area contributed by atoms with Gasteiger partial charge in [0.25, 0.3) is 0 Å². The Hall–Kier alpha value is -3.58. The van der Waals surface area contributed by atoms with Crippen LogP contribution in [0.15, 0.2) is 60.8 Å². The third-order valence-electron chi connectivity index (χ3n) is 13.0. The zero-order chi connectivity index (χ0) is 53.3. The molecule has 3 N–H and O–H groups in total. The van der Waals surface area contributed by atoms with Gasteiger partial charge < -0.3 is 39.0 Å². The van der Waals surface area contributed by atoms with Crippen LogP contribution in [0.4, 0.5) is 0 Å². The second-order valence-electron chi connectivity index (χ2n) is 19.9. The predicted octanol–water partition coefficient (Wildman–Crippen LogP) is 14.8. The van der Waals surface area contributed by atoms with Gasteiger partial charge in [0.05, 0.1) is 6.61 Å². The van der Waals surface area contributed by atoms with Crippen molar-refractivity contribution < 1.29 is 58.2 Å². The Morgan fingerprint density at radius 2 is 0.863 bits per heavy atom. The Kier molecular flexibility index (Phi) is 45.5. The van der Waals surface area contributed by atoms with Crippen molar-refractivity contribution >= 4 is 23.9 Å². The smallest absolute Gasteiger partial charge is 0.335 e. The molecule has 0 amide bonds. The summed E-state index contributed by atoms with van der Waals surface area (Å²) in [5.74, 6) is -3.15. The van der Waals surface area contributed by atoms with Crippen LogP contribution < -0.4 is 0 Å². The zero-order valence-electron chi connectivity index (χ0n) is 46.1. The van der Waals surface area contributed by atoms with E-state index in [1.54, 1.807) is 0 Å². The lowest BCUT2D eigenvalue weighted by Gasteiger charge is -2.40. The van der Waals surface area contributed by atoms with Crippen LogP contribution in [0.25, 0.3) is 0 Å². The van der Waals surface area contributed by atoms with Crippen LogP contribution in [0.1, 0.15) is 252 Å². The molecular formula is C61H104O12. The van der Waals surface area contributed by atoms with Gasteiger partial charge in [-0.05, 0) is 96.3 Å². The Balaban J connectivity index is 2.67. The van der Waals surface area contributed by atoms with Gasteiger partial charge in [-0.1, -0.05) is 197 Å². The zero-order valence-corrected chi connectivity index (χ0v) is 46.1. The van der Waals surface area contributed by atoms with Crippen molar-refractivity contribution in [2.45, 2.75) is 289 Å². The number of aliphatic carboxylic acids is 1. The Morgan fingerprint density at radius 1 is 0.452 bits per heavy atom. The number of aliphatic hydroxyl groups excluding tert-OH is 2. The summed E-state index contributed by atoms with van der Waals surface area (Å²) in [6.45, 7) is 5.84. The van der Waals surface area contributed by atoms with E-state index in [4.69, 9.17) is 23.7 Å². The van der Waals surface area contributed by atoms with E-state index in [1.165, 1.54) is 70.6 Å². The SMILES string of the molecule is CCC/C=C\C/C=C\CCCCCCCC(=O)OC(COC(=O)CCCCCCCCCCC/C=C\C/C=C\CCCCC)COC1OC(C(=O)O)C(O)C(O)C1OC(=O)CCCCCCC/C=C\CCCC. The first-order valence-corrected chi connectivity index (χ1v) is 29.3. The molecule has 73 heavy (non-hydrogen) atoms. The van der Waals surface area contributed by atoms with E-state index in [9.17, 15) is 34.5 Å². The van der Waals surface area contributed by atoms with E-state index < -0.39 is 67.3 Å². The minimum absolute atomic E-state index is 0.0474. The summed E-state index contributed by atoms with van der Waals surface area (Å²) in [7, 11) is 0. The second-order valence-corrected chi connectivity index (χ2v) is 19.9.